The third-order valence-electron chi connectivity index (χ3n) is 9.23. The third kappa shape index (κ3) is 3.15. The number of benzene rings is 1. The fourth-order valence-corrected chi connectivity index (χ4v) is 8.12. The number of aromatic nitrogens is 4. The number of nitrogens with zero attached hydrogens (tertiary/aromatic N) is 4. The van der Waals surface area contributed by atoms with Gasteiger partial charge in [-0.15, -0.1) is 0 Å². The maximum absolute atomic E-state index is 5.05. The van der Waals surface area contributed by atoms with Crippen LogP contribution >= 0.6 is 0 Å². The molecular formula is C27H35N5. The zero-order valence-electron chi connectivity index (χ0n) is 19.0. The lowest BCUT2D eigenvalue weighted by Crippen LogP contribution is -2.58. The van der Waals surface area contributed by atoms with E-state index in [1.165, 1.54) is 76.1 Å². The van der Waals surface area contributed by atoms with Gasteiger partial charge in [0.15, 0.2) is 5.82 Å². The molecule has 4 heterocycles. The van der Waals surface area contributed by atoms with Crippen molar-refractivity contribution in [3.8, 4) is 11.5 Å². The Bertz CT molecular complexity index is 1060. The van der Waals surface area contributed by atoms with Crippen LogP contribution in [0.4, 0.5) is 0 Å². The highest BCUT2D eigenvalue weighted by Gasteiger charge is 2.45. The molecule has 4 aliphatic rings. The normalized spacial score (nSPS) is 35.2. The Kier molecular flexibility index (Phi) is 4.67. The topological polar surface area (TPSA) is 49.7 Å². The summed E-state index contributed by atoms with van der Waals surface area (Å²) in [5.41, 5.74) is 3.42. The molecule has 7 rings (SSSR count). The van der Waals surface area contributed by atoms with Crippen LogP contribution in [-0.4, -0.2) is 42.5 Å². The van der Waals surface area contributed by atoms with Crippen LogP contribution in [0.1, 0.15) is 76.7 Å². The van der Waals surface area contributed by atoms with E-state index in [0.29, 0.717) is 6.04 Å². The first-order valence-electron chi connectivity index (χ1n) is 13.1. The molecule has 5 nitrogen and oxygen atoms in total. The first-order valence-corrected chi connectivity index (χ1v) is 13.1. The second kappa shape index (κ2) is 7.72. The van der Waals surface area contributed by atoms with Crippen molar-refractivity contribution < 1.29 is 0 Å². The van der Waals surface area contributed by atoms with Gasteiger partial charge in [-0.2, -0.15) is 0 Å². The van der Waals surface area contributed by atoms with Crippen molar-refractivity contribution in [1.29, 1.82) is 0 Å². The van der Waals surface area contributed by atoms with E-state index in [1.807, 2.05) is 6.20 Å². The van der Waals surface area contributed by atoms with Gasteiger partial charge < -0.3 is 9.55 Å². The number of rotatable bonds is 3. The summed E-state index contributed by atoms with van der Waals surface area (Å²) in [5, 5.41) is 0. The zero-order chi connectivity index (χ0) is 21.1. The Hall–Kier alpha value is -2.14. The summed E-state index contributed by atoms with van der Waals surface area (Å²) in [4.78, 5) is 15.7. The van der Waals surface area contributed by atoms with Crippen molar-refractivity contribution in [1.82, 2.24) is 24.4 Å². The molecule has 4 fully saturated rings. The molecule has 5 heteroatoms. The molecule has 0 radical (unpaired) electrons. The molecule has 0 spiro atoms. The first kappa shape index (κ1) is 19.3. The Morgan fingerprint density at radius 3 is 2.28 bits per heavy atom. The van der Waals surface area contributed by atoms with Crippen LogP contribution in [0.15, 0.2) is 36.8 Å². The van der Waals surface area contributed by atoms with Gasteiger partial charge in [0.25, 0.3) is 0 Å². The zero-order valence-corrected chi connectivity index (χ0v) is 19.0. The van der Waals surface area contributed by atoms with E-state index in [9.17, 15) is 0 Å². The molecule has 2 saturated carbocycles. The lowest BCUT2D eigenvalue weighted by Gasteiger charge is -2.55. The number of para-hydroxylation sites is 2. The number of H-pyrrole nitrogens is 1. The minimum Gasteiger partial charge on any atom is -0.342 e. The highest BCUT2D eigenvalue weighted by atomic mass is 15.3. The molecule has 32 heavy (non-hydrogen) atoms. The standard InChI is InChI=1S/C27H35N5/c1-2-10-26-24(9-1)30-27(25-16-28-17-29-25)32(26)23-14-20-7-4-8-21(15-23)31(20)22-12-18-5-3-6-19(11-18)13-22/h1-2,9-10,16-23H,3-8,11-15H2,(H,28,29)/t18-,19+,20-,21+,22?,23?. The highest BCUT2D eigenvalue weighted by molar-refractivity contribution is 5.80. The summed E-state index contributed by atoms with van der Waals surface area (Å²) in [6.07, 6.45) is 19.4. The van der Waals surface area contributed by atoms with Crippen molar-refractivity contribution in [2.45, 2.75) is 94.8 Å². The smallest absolute Gasteiger partial charge is 0.159 e. The van der Waals surface area contributed by atoms with Gasteiger partial charge in [-0.1, -0.05) is 37.8 Å². The Balaban J connectivity index is 1.23. The predicted molar refractivity (Wildman–Crippen MR) is 127 cm³/mol. The van der Waals surface area contributed by atoms with Crippen LogP contribution in [0.2, 0.25) is 0 Å². The average Bonchev–Trinajstić information content (AvgIpc) is 3.46. The van der Waals surface area contributed by atoms with Crippen LogP contribution in [0.3, 0.4) is 0 Å². The van der Waals surface area contributed by atoms with Gasteiger partial charge in [-0.3, -0.25) is 4.90 Å². The van der Waals surface area contributed by atoms with E-state index in [2.05, 4.69) is 43.7 Å². The Morgan fingerprint density at radius 2 is 1.53 bits per heavy atom. The van der Waals surface area contributed by atoms with Crippen LogP contribution in [0.25, 0.3) is 22.6 Å². The van der Waals surface area contributed by atoms with Gasteiger partial charge in [0.2, 0.25) is 0 Å². The minimum absolute atomic E-state index is 0.523. The molecule has 2 aliphatic heterocycles. The maximum atomic E-state index is 5.05. The van der Waals surface area contributed by atoms with E-state index in [1.54, 1.807) is 6.33 Å². The second-order valence-electron chi connectivity index (χ2n) is 11.1. The fraction of sp³-hybridized carbons (Fsp3) is 0.630. The summed E-state index contributed by atoms with van der Waals surface area (Å²) in [6, 6.07) is 11.5. The number of fused-ring (bicyclic) bond motifs is 5. The number of hydrogen-bond acceptors (Lipinski definition) is 3. The molecule has 2 saturated heterocycles. The third-order valence-corrected chi connectivity index (χ3v) is 9.23. The van der Waals surface area contributed by atoms with Gasteiger partial charge in [0, 0.05) is 24.2 Å². The quantitative estimate of drug-likeness (QED) is 0.559. The Labute approximate surface area is 190 Å². The monoisotopic (exact) mass is 429 g/mol. The van der Waals surface area contributed by atoms with Gasteiger partial charge in [0.1, 0.15) is 5.69 Å². The van der Waals surface area contributed by atoms with Crippen LogP contribution in [0.5, 0.6) is 0 Å². The molecule has 168 valence electrons. The summed E-state index contributed by atoms with van der Waals surface area (Å²) in [7, 11) is 0. The number of nitrogens with one attached hydrogen (secondary N) is 1. The molecule has 1 aromatic carbocycles. The second-order valence-corrected chi connectivity index (χ2v) is 11.1. The van der Waals surface area contributed by atoms with Crippen molar-refractivity contribution in [2.75, 3.05) is 0 Å². The molecule has 4 bridgehead atoms. The molecule has 0 amide bonds. The van der Waals surface area contributed by atoms with Crippen molar-refractivity contribution >= 4 is 11.0 Å². The molecule has 1 N–H and O–H groups in total. The maximum Gasteiger partial charge on any atom is 0.159 e. The van der Waals surface area contributed by atoms with E-state index < -0.39 is 0 Å². The lowest BCUT2D eigenvalue weighted by molar-refractivity contribution is -0.0480. The number of imidazole rings is 2. The molecule has 2 aliphatic carbocycles. The summed E-state index contributed by atoms with van der Waals surface area (Å²) in [6.45, 7) is 0. The van der Waals surface area contributed by atoms with Crippen LogP contribution < -0.4 is 0 Å². The SMILES string of the molecule is c1ccc2c(c1)nc(-c1cnc[nH]1)n2C1C[C@H]2CCC[C@@H](C1)N2C1C[C@H]2CCC[C@@H](C1)C2. The summed E-state index contributed by atoms with van der Waals surface area (Å²) < 4.78 is 2.56. The van der Waals surface area contributed by atoms with E-state index in [-0.39, 0.29) is 0 Å². The van der Waals surface area contributed by atoms with Gasteiger partial charge in [0.05, 0.1) is 23.6 Å². The minimum atomic E-state index is 0.523. The number of aromatic amines is 1. The van der Waals surface area contributed by atoms with E-state index >= 15 is 0 Å². The highest BCUT2D eigenvalue weighted by Crippen LogP contribution is 2.48. The largest absolute Gasteiger partial charge is 0.342 e. The van der Waals surface area contributed by atoms with Crippen molar-refractivity contribution in [3.63, 3.8) is 0 Å². The van der Waals surface area contributed by atoms with Crippen LogP contribution in [0, 0.1) is 11.8 Å². The molecular weight excluding hydrogens is 394 g/mol. The number of piperidine rings is 2. The van der Waals surface area contributed by atoms with Gasteiger partial charge >= 0.3 is 0 Å². The van der Waals surface area contributed by atoms with Gasteiger partial charge in [-0.05, 0) is 68.9 Å². The summed E-state index contributed by atoms with van der Waals surface area (Å²) in [5.74, 6) is 3.08. The average molecular weight is 430 g/mol. The summed E-state index contributed by atoms with van der Waals surface area (Å²) >= 11 is 0. The number of hydrogen-bond donors (Lipinski definition) is 1. The molecule has 3 aromatic rings. The molecule has 2 aromatic heterocycles. The van der Waals surface area contributed by atoms with Crippen LogP contribution in [-0.2, 0) is 0 Å². The molecule has 6 atom stereocenters. The predicted octanol–water partition coefficient (Wildman–Crippen LogP) is 5.95. The first-order chi connectivity index (χ1) is 15.8. The van der Waals surface area contributed by atoms with E-state index in [0.717, 1.165) is 47.0 Å². The fourth-order valence-electron chi connectivity index (χ4n) is 8.12. The van der Waals surface area contributed by atoms with Gasteiger partial charge in [-0.25, -0.2) is 9.97 Å². The molecule has 2 unspecified atom stereocenters. The van der Waals surface area contributed by atoms with Crippen molar-refractivity contribution in [3.05, 3.63) is 36.8 Å². The van der Waals surface area contributed by atoms with Crippen molar-refractivity contribution in [2.24, 2.45) is 11.8 Å². The Morgan fingerprint density at radius 1 is 0.781 bits per heavy atom. The lowest BCUT2D eigenvalue weighted by atomic mass is 9.68. The van der Waals surface area contributed by atoms with E-state index in [4.69, 9.17) is 4.98 Å².